The lowest BCUT2D eigenvalue weighted by Gasteiger charge is -2.31. The first kappa shape index (κ1) is 18.7. The van der Waals surface area contributed by atoms with E-state index in [-0.39, 0.29) is 42.2 Å². The third kappa shape index (κ3) is 2.89. The third-order valence-corrected chi connectivity index (χ3v) is 6.03. The summed E-state index contributed by atoms with van der Waals surface area (Å²) in [5.41, 5.74) is 0.183. The summed E-state index contributed by atoms with van der Waals surface area (Å²) in [4.78, 5) is 37.0. The van der Waals surface area contributed by atoms with Crippen molar-refractivity contribution in [2.75, 3.05) is 13.2 Å². The Balaban J connectivity index is 2.31. The van der Waals surface area contributed by atoms with E-state index in [4.69, 9.17) is 9.47 Å². The lowest BCUT2D eigenvalue weighted by atomic mass is 9.70. The van der Waals surface area contributed by atoms with Gasteiger partial charge in [0.05, 0.1) is 25.6 Å². The van der Waals surface area contributed by atoms with Gasteiger partial charge in [-0.05, 0) is 43.6 Å². The number of rotatable bonds is 6. The minimum Gasteiger partial charge on any atom is -0.466 e. The average Bonchev–Trinajstić information content (AvgIpc) is 2.81. The van der Waals surface area contributed by atoms with E-state index in [0.29, 0.717) is 5.57 Å². The van der Waals surface area contributed by atoms with E-state index in [9.17, 15) is 14.4 Å². The number of ketones is 1. The van der Waals surface area contributed by atoms with Crippen LogP contribution in [0.4, 0.5) is 0 Å². The number of allylic oxidation sites excluding steroid dienone is 1. The van der Waals surface area contributed by atoms with Crippen LogP contribution in [0.2, 0.25) is 0 Å². The van der Waals surface area contributed by atoms with Crippen LogP contribution in [0.3, 0.4) is 0 Å². The molecule has 2 bridgehead atoms. The summed E-state index contributed by atoms with van der Waals surface area (Å²) in [7, 11) is 0. The highest BCUT2D eigenvalue weighted by molar-refractivity contribution is 6.05. The SMILES string of the molecule is CCOC(=O)C[C@@H](/C=C1\C(=O)[C@]2(C)CC[C@@H]1C2(C)C)C(=O)OCC. The van der Waals surface area contributed by atoms with Gasteiger partial charge in [0, 0.05) is 5.41 Å². The first-order valence-electron chi connectivity index (χ1n) is 8.77. The maximum Gasteiger partial charge on any atom is 0.313 e. The molecular weight excluding hydrogens is 308 g/mol. The van der Waals surface area contributed by atoms with Gasteiger partial charge in [-0.25, -0.2) is 0 Å². The number of hydrogen-bond donors (Lipinski definition) is 0. The predicted molar refractivity (Wildman–Crippen MR) is 89.1 cm³/mol. The van der Waals surface area contributed by atoms with Crippen molar-refractivity contribution in [2.45, 2.75) is 53.9 Å². The van der Waals surface area contributed by atoms with Crippen molar-refractivity contribution in [1.82, 2.24) is 0 Å². The van der Waals surface area contributed by atoms with E-state index in [1.165, 1.54) is 0 Å². The van der Waals surface area contributed by atoms with Gasteiger partial charge in [-0.15, -0.1) is 0 Å². The Morgan fingerprint density at radius 3 is 2.33 bits per heavy atom. The molecule has 0 aromatic carbocycles. The molecule has 0 aromatic heterocycles. The molecule has 5 nitrogen and oxygen atoms in total. The minimum absolute atomic E-state index is 0.0900. The molecule has 2 fully saturated rings. The van der Waals surface area contributed by atoms with Crippen LogP contribution in [0.5, 0.6) is 0 Å². The molecule has 0 aromatic rings. The molecule has 0 saturated heterocycles. The van der Waals surface area contributed by atoms with Crippen molar-refractivity contribution in [3.63, 3.8) is 0 Å². The normalized spacial score (nSPS) is 30.5. The van der Waals surface area contributed by atoms with Gasteiger partial charge < -0.3 is 9.47 Å². The minimum atomic E-state index is -0.762. The average molecular weight is 336 g/mol. The lowest BCUT2D eigenvalue weighted by Crippen LogP contribution is -2.32. The quantitative estimate of drug-likeness (QED) is 0.551. The van der Waals surface area contributed by atoms with Gasteiger partial charge in [-0.1, -0.05) is 26.8 Å². The van der Waals surface area contributed by atoms with Crippen LogP contribution in [-0.2, 0) is 23.9 Å². The van der Waals surface area contributed by atoms with E-state index in [2.05, 4.69) is 13.8 Å². The number of carbonyl (C=O) groups excluding carboxylic acids is 3. The number of hydrogen-bond acceptors (Lipinski definition) is 5. The third-order valence-electron chi connectivity index (χ3n) is 6.03. The Kier molecular flexibility index (Phi) is 5.21. The zero-order valence-corrected chi connectivity index (χ0v) is 15.3. The Hall–Kier alpha value is -1.65. The topological polar surface area (TPSA) is 69.7 Å². The number of Topliss-reactive ketones (excluding diaryl/α,β-unsaturated/α-hetero) is 1. The summed E-state index contributed by atoms with van der Waals surface area (Å²) in [6.45, 7) is 10.2. The Labute approximate surface area is 143 Å². The molecule has 0 spiro atoms. The molecule has 0 heterocycles. The first-order chi connectivity index (χ1) is 11.2. The van der Waals surface area contributed by atoms with E-state index in [1.54, 1.807) is 19.9 Å². The molecule has 2 aliphatic carbocycles. The van der Waals surface area contributed by atoms with Crippen molar-refractivity contribution < 1.29 is 23.9 Å². The molecular formula is C19H28O5. The monoisotopic (exact) mass is 336 g/mol. The van der Waals surface area contributed by atoms with Crippen LogP contribution in [0, 0.1) is 22.7 Å². The lowest BCUT2D eigenvalue weighted by molar-refractivity contribution is -0.153. The summed E-state index contributed by atoms with van der Waals surface area (Å²) in [6, 6.07) is 0. The van der Waals surface area contributed by atoms with Gasteiger partial charge in [-0.2, -0.15) is 0 Å². The van der Waals surface area contributed by atoms with Crippen molar-refractivity contribution in [3.05, 3.63) is 11.6 Å². The fourth-order valence-electron chi connectivity index (χ4n) is 4.20. The van der Waals surface area contributed by atoms with Gasteiger partial charge in [0.1, 0.15) is 0 Å². The Morgan fingerprint density at radius 2 is 1.83 bits per heavy atom. The van der Waals surface area contributed by atoms with Gasteiger partial charge in [-0.3, -0.25) is 14.4 Å². The van der Waals surface area contributed by atoms with Crippen molar-refractivity contribution in [1.29, 1.82) is 0 Å². The molecule has 134 valence electrons. The molecule has 2 saturated carbocycles. The second-order valence-electron chi connectivity index (χ2n) is 7.46. The maximum absolute atomic E-state index is 12.9. The summed E-state index contributed by atoms with van der Waals surface area (Å²) in [5, 5.41) is 0. The Morgan fingerprint density at radius 1 is 1.21 bits per heavy atom. The zero-order valence-electron chi connectivity index (χ0n) is 15.3. The van der Waals surface area contributed by atoms with Crippen LogP contribution in [0.15, 0.2) is 11.6 Å². The number of fused-ring (bicyclic) bond motifs is 2. The molecule has 24 heavy (non-hydrogen) atoms. The predicted octanol–water partition coefficient (Wildman–Crippen LogP) is 3.07. The van der Waals surface area contributed by atoms with E-state index in [1.807, 2.05) is 6.92 Å². The fraction of sp³-hybridized carbons (Fsp3) is 0.737. The summed E-state index contributed by atoms with van der Waals surface area (Å²) in [5.74, 6) is -1.44. The second-order valence-corrected chi connectivity index (χ2v) is 7.46. The molecule has 0 unspecified atom stereocenters. The van der Waals surface area contributed by atoms with Gasteiger partial charge in [0.15, 0.2) is 5.78 Å². The van der Waals surface area contributed by atoms with Crippen LogP contribution in [0.25, 0.3) is 0 Å². The van der Waals surface area contributed by atoms with Crippen molar-refractivity contribution in [2.24, 2.45) is 22.7 Å². The number of esters is 2. The van der Waals surface area contributed by atoms with Gasteiger partial charge in [0.25, 0.3) is 0 Å². The Bertz CT molecular complexity index is 574. The molecule has 0 radical (unpaired) electrons. The van der Waals surface area contributed by atoms with Crippen LogP contribution >= 0.6 is 0 Å². The van der Waals surface area contributed by atoms with E-state index in [0.717, 1.165) is 12.8 Å². The molecule has 0 amide bonds. The smallest absolute Gasteiger partial charge is 0.313 e. The molecule has 2 aliphatic rings. The summed E-state index contributed by atoms with van der Waals surface area (Å²) >= 11 is 0. The highest BCUT2D eigenvalue weighted by Gasteiger charge is 2.64. The second kappa shape index (κ2) is 6.69. The zero-order chi connectivity index (χ0) is 18.1. The van der Waals surface area contributed by atoms with E-state index >= 15 is 0 Å². The maximum atomic E-state index is 12.9. The van der Waals surface area contributed by atoms with Gasteiger partial charge >= 0.3 is 11.9 Å². The number of carbonyl (C=O) groups is 3. The molecule has 3 atom stereocenters. The molecule has 0 aliphatic heterocycles. The summed E-state index contributed by atoms with van der Waals surface area (Å²) < 4.78 is 10.0. The highest BCUT2D eigenvalue weighted by atomic mass is 16.5. The largest absolute Gasteiger partial charge is 0.466 e. The van der Waals surface area contributed by atoms with Crippen molar-refractivity contribution >= 4 is 17.7 Å². The van der Waals surface area contributed by atoms with Crippen LogP contribution in [-0.4, -0.2) is 30.9 Å². The van der Waals surface area contributed by atoms with Crippen LogP contribution in [0.1, 0.15) is 53.9 Å². The van der Waals surface area contributed by atoms with Crippen molar-refractivity contribution in [3.8, 4) is 0 Å². The number of ether oxygens (including phenoxy) is 2. The molecule has 0 N–H and O–H groups in total. The standard InChI is InChI=1S/C19H28O5/c1-6-23-15(20)11-12(17(22)24-7-2)10-13-14-8-9-19(5,16(13)21)18(14,3)4/h10,12,14H,6-9,11H2,1-5H3/b13-10-/t12-,14+,19+/m1/s1. The van der Waals surface area contributed by atoms with Gasteiger partial charge in [0.2, 0.25) is 0 Å². The highest BCUT2D eigenvalue weighted by Crippen LogP contribution is 2.65. The van der Waals surface area contributed by atoms with Crippen LogP contribution < -0.4 is 0 Å². The molecule has 2 rings (SSSR count). The molecule has 5 heteroatoms. The van der Waals surface area contributed by atoms with E-state index < -0.39 is 17.9 Å². The fourth-order valence-corrected chi connectivity index (χ4v) is 4.20. The first-order valence-corrected chi connectivity index (χ1v) is 8.77. The summed E-state index contributed by atoms with van der Waals surface area (Å²) in [6.07, 6.45) is 3.40.